The van der Waals surface area contributed by atoms with E-state index in [4.69, 9.17) is 4.74 Å². The van der Waals surface area contributed by atoms with Gasteiger partial charge in [-0.05, 0) is 48.4 Å². The van der Waals surface area contributed by atoms with Crippen molar-refractivity contribution in [1.82, 2.24) is 15.5 Å². The molecule has 0 amide bonds. The van der Waals surface area contributed by atoms with Crippen LogP contribution in [0.5, 0.6) is 5.75 Å². The number of anilines is 1. The number of nitrogens with one attached hydrogen (secondary N) is 3. The first kappa shape index (κ1) is 25.5. The van der Waals surface area contributed by atoms with E-state index in [2.05, 4.69) is 27.2 Å². The smallest absolute Gasteiger partial charge is 0.264 e. The van der Waals surface area contributed by atoms with Crippen molar-refractivity contribution in [1.29, 1.82) is 0 Å². The third-order valence-electron chi connectivity index (χ3n) is 5.55. The number of halogens is 2. The third kappa shape index (κ3) is 5.99. The molecule has 0 aliphatic rings. The molecule has 0 spiro atoms. The molecule has 4 N–H and O–H groups in total. The molecular weight excluding hydrogens is 490 g/mol. The van der Waals surface area contributed by atoms with Crippen molar-refractivity contribution in [3.8, 4) is 5.75 Å². The Bertz CT molecular complexity index is 1460. The van der Waals surface area contributed by atoms with Crippen molar-refractivity contribution in [2.75, 3.05) is 24.4 Å². The van der Waals surface area contributed by atoms with Gasteiger partial charge in [-0.1, -0.05) is 19.1 Å². The van der Waals surface area contributed by atoms with Crippen LogP contribution in [0, 0.1) is 11.6 Å². The molecular formula is C25H26F2N4O4S. The van der Waals surface area contributed by atoms with E-state index >= 15 is 0 Å². The van der Waals surface area contributed by atoms with Crippen LogP contribution in [0.2, 0.25) is 0 Å². The number of hydrogen-bond acceptors (Lipinski definition) is 6. The fourth-order valence-corrected chi connectivity index (χ4v) is 4.83. The summed E-state index contributed by atoms with van der Waals surface area (Å²) in [6, 6.07) is 14.1. The van der Waals surface area contributed by atoms with Gasteiger partial charge in [0.2, 0.25) is 0 Å². The predicted molar refractivity (Wildman–Crippen MR) is 132 cm³/mol. The summed E-state index contributed by atoms with van der Waals surface area (Å²) in [6.07, 6.45) is -0.0604. The van der Waals surface area contributed by atoms with Crippen molar-refractivity contribution in [3.05, 3.63) is 83.6 Å². The molecule has 4 aromatic rings. The number of ether oxygens (including phenoxy) is 1. The molecule has 4 rings (SSSR count). The Balaban J connectivity index is 1.28. The number of H-pyrrole nitrogens is 1. The van der Waals surface area contributed by atoms with Crippen molar-refractivity contribution >= 4 is 26.6 Å². The highest BCUT2D eigenvalue weighted by Crippen LogP contribution is 2.23. The van der Waals surface area contributed by atoms with Gasteiger partial charge in [0.15, 0.2) is 0 Å². The van der Waals surface area contributed by atoms with E-state index in [0.717, 1.165) is 35.2 Å². The van der Waals surface area contributed by atoms with Gasteiger partial charge in [0.1, 0.15) is 28.9 Å². The van der Waals surface area contributed by atoms with E-state index in [-0.39, 0.29) is 12.2 Å². The molecule has 1 aromatic heterocycles. The molecule has 0 bridgehead atoms. The van der Waals surface area contributed by atoms with Crippen LogP contribution >= 0.6 is 0 Å². The zero-order valence-electron chi connectivity index (χ0n) is 19.5. The van der Waals surface area contributed by atoms with Crippen molar-refractivity contribution < 1.29 is 27.0 Å². The number of rotatable bonds is 11. The predicted octanol–water partition coefficient (Wildman–Crippen LogP) is 3.91. The minimum atomic E-state index is -4.28. The Morgan fingerprint density at radius 1 is 1.11 bits per heavy atom. The summed E-state index contributed by atoms with van der Waals surface area (Å²) in [4.78, 5) is -0.672. The van der Waals surface area contributed by atoms with Gasteiger partial charge >= 0.3 is 0 Å². The maximum Gasteiger partial charge on any atom is 0.264 e. The van der Waals surface area contributed by atoms with Gasteiger partial charge in [0.05, 0.1) is 11.6 Å². The van der Waals surface area contributed by atoms with Crippen LogP contribution in [0.25, 0.3) is 10.9 Å². The number of aliphatic hydroxyl groups excluding tert-OH is 1. The first-order chi connectivity index (χ1) is 17.3. The second kappa shape index (κ2) is 11.0. The molecule has 0 radical (unpaired) electrons. The highest BCUT2D eigenvalue weighted by molar-refractivity contribution is 7.92. The Kier molecular flexibility index (Phi) is 7.82. The minimum absolute atomic E-state index is 0.138. The first-order valence-electron chi connectivity index (χ1n) is 11.3. The van der Waals surface area contributed by atoms with Crippen LogP contribution in [0.15, 0.2) is 65.6 Å². The highest BCUT2D eigenvalue weighted by Gasteiger charge is 2.20. The Morgan fingerprint density at radius 2 is 1.94 bits per heavy atom. The van der Waals surface area contributed by atoms with Crippen LogP contribution < -0.4 is 14.8 Å². The highest BCUT2D eigenvalue weighted by atomic mass is 32.2. The standard InChI is InChI=1S/C25H26F2N4O4S/c1-2-22-20-8-7-19(14-23(20)30-29-22)35-11-10-28-15-24(32)16-4-3-5-18(12-16)31-36(33,34)25-9-6-17(26)13-21(25)27/h3-9,12-14,24,28,31-32H,2,10-11,15H2,1H3,(H,29,30). The fourth-order valence-electron chi connectivity index (χ4n) is 3.72. The van der Waals surface area contributed by atoms with Crippen LogP contribution in [0.3, 0.4) is 0 Å². The molecule has 1 unspecified atom stereocenters. The summed E-state index contributed by atoms with van der Waals surface area (Å²) in [6.45, 7) is 3.09. The molecule has 0 fully saturated rings. The number of hydrogen-bond donors (Lipinski definition) is 4. The third-order valence-corrected chi connectivity index (χ3v) is 6.97. The largest absolute Gasteiger partial charge is 0.492 e. The van der Waals surface area contributed by atoms with Crippen LogP contribution in [0.4, 0.5) is 14.5 Å². The lowest BCUT2D eigenvalue weighted by atomic mass is 10.1. The number of aliphatic hydroxyl groups is 1. The van der Waals surface area contributed by atoms with Gasteiger partial charge in [0, 0.05) is 42.0 Å². The number of aromatic nitrogens is 2. The molecule has 0 aliphatic carbocycles. The fraction of sp³-hybridized carbons (Fsp3) is 0.240. The summed E-state index contributed by atoms with van der Waals surface area (Å²) < 4.78 is 60.0. The zero-order chi connectivity index (χ0) is 25.7. The summed E-state index contributed by atoms with van der Waals surface area (Å²) in [7, 11) is -4.28. The van der Waals surface area contributed by atoms with Crippen molar-refractivity contribution in [2.45, 2.75) is 24.3 Å². The second-order valence-electron chi connectivity index (χ2n) is 8.11. The Hall–Kier alpha value is -3.54. The molecule has 8 nitrogen and oxygen atoms in total. The van der Waals surface area contributed by atoms with Gasteiger partial charge in [-0.15, -0.1) is 0 Å². The second-order valence-corrected chi connectivity index (χ2v) is 9.76. The molecule has 3 aromatic carbocycles. The number of aryl methyl sites for hydroxylation is 1. The summed E-state index contributed by atoms with van der Waals surface area (Å²) in [5.74, 6) is -1.38. The topological polar surface area (TPSA) is 116 Å². The number of fused-ring (bicyclic) bond motifs is 1. The van der Waals surface area contributed by atoms with Gasteiger partial charge in [0.25, 0.3) is 10.0 Å². The number of benzene rings is 3. The van der Waals surface area contributed by atoms with Crippen LogP contribution in [-0.2, 0) is 16.4 Å². The normalized spacial score (nSPS) is 12.6. The molecule has 0 saturated heterocycles. The van der Waals surface area contributed by atoms with Gasteiger partial charge in [-0.3, -0.25) is 9.82 Å². The summed E-state index contributed by atoms with van der Waals surface area (Å²) >= 11 is 0. The van der Waals surface area contributed by atoms with Crippen molar-refractivity contribution in [3.63, 3.8) is 0 Å². The maximum absolute atomic E-state index is 13.9. The average Bonchev–Trinajstić information content (AvgIpc) is 3.25. The summed E-state index contributed by atoms with van der Waals surface area (Å²) in [5, 5.41) is 21.9. The maximum atomic E-state index is 13.9. The van der Waals surface area contributed by atoms with Gasteiger partial charge < -0.3 is 15.2 Å². The van der Waals surface area contributed by atoms with Gasteiger partial charge in [-0.25, -0.2) is 17.2 Å². The van der Waals surface area contributed by atoms with Gasteiger partial charge in [-0.2, -0.15) is 5.10 Å². The quantitative estimate of drug-likeness (QED) is 0.225. The summed E-state index contributed by atoms with van der Waals surface area (Å²) in [5.41, 5.74) is 2.51. The molecule has 0 saturated carbocycles. The zero-order valence-corrected chi connectivity index (χ0v) is 20.3. The Morgan fingerprint density at radius 3 is 2.72 bits per heavy atom. The van der Waals surface area contributed by atoms with Crippen LogP contribution in [-0.4, -0.2) is 43.4 Å². The monoisotopic (exact) mass is 516 g/mol. The van der Waals surface area contributed by atoms with E-state index in [9.17, 15) is 22.3 Å². The average molecular weight is 517 g/mol. The van der Waals surface area contributed by atoms with E-state index in [0.29, 0.717) is 30.5 Å². The van der Waals surface area contributed by atoms with E-state index in [1.165, 1.54) is 12.1 Å². The SMILES string of the molecule is CCc1[nH]nc2cc(OCCNCC(O)c3cccc(NS(=O)(=O)c4ccc(F)cc4F)c3)ccc12. The molecule has 190 valence electrons. The van der Waals surface area contributed by atoms with E-state index in [1.54, 1.807) is 12.1 Å². The minimum Gasteiger partial charge on any atom is -0.492 e. The van der Waals surface area contributed by atoms with Crippen LogP contribution in [0.1, 0.15) is 24.3 Å². The molecule has 0 aliphatic heterocycles. The van der Waals surface area contributed by atoms with E-state index < -0.39 is 32.7 Å². The number of nitrogens with zero attached hydrogens (tertiary/aromatic N) is 1. The van der Waals surface area contributed by atoms with Crippen molar-refractivity contribution in [2.24, 2.45) is 0 Å². The lowest BCUT2D eigenvalue weighted by Gasteiger charge is -2.15. The number of aromatic amines is 1. The Labute approximate surface area is 207 Å². The molecule has 1 atom stereocenters. The first-order valence-corrected chi connectivity index (χ1v) is 12.8. The molecule has 36 heavy (non-hydrogen) atoms. The lowest BCUT2D eigenvalue weighted by molar-refractivity contribution is 0.172. The lowest BCUT2D eigenvalue weighted by Crippen LogP contribution is -2.26. The van der Waals surface area contributed by atoms with E-state index in [1.807, 2.05) is 18.2 Å². The number of sulfonamides is 1. The molecule has 1 heterocycles. The molecule has 11 heteroatoms.